The summed E-state index contributed by atoms with van der Waals surface area (Å²) in [6, 6.07) is 11.4. The van der Waals surface area contributed by atoms with Gasteiger partial charge in [-0.25, -0.2) is 9.59 Å². The molecule has 0 bridgehead atoms. The molecule has 3 N–H and O–H groups in total. The molecule has 1 fully saturated rings. The van der Waals surface area contributed by atoms with Crippen molar-refractivity contribution in [2.75, 3.05) is 19.6 Å². The van der Waals surface area contributed by atoms with E-state index >= 15 is 0 Å². The van der Waals surface area contributed by atoms with Crippen LogP contribution in [0.15, 0.2) is 50.1 Å². The van der Waals surface area contributed by atoms with Crippen molar-refractivity contribution in [3.63, 3.8) is 0 Å². The normalized spacial score (nSPS) is 14.9. The van der Waals surface area contributed by atoms with Gasteiger partial charge in [-0.2, -0.15) is 0 Å². The molecule has 3 aromatic rings. The lowest BCUT2D eigenvalue weighted by atomic mass is 10.0. The predicted molar refractivity (Wildman–Crippen MR) is 123 cm³/mol. The molecule has 1 aromatic heterocycles. The molecule has 1 saturated heterocycles. The molecule has 7 nitrogen and oxygen atoms in total. The molecule has 4 rings (SSSR count). The summed E-state index contributed by atoms with van der Waals surface area (Å²) in [5.74, 6) is 0.167. The first-order valence-electron chi connectivity index (χ1n) is 9.83. The summed E-state index contributed by atoms with van der Waals surface area (Å²) in [4.78, 5) is 29.6. The number of amides is 2. The van der Waals surface area contributed by atoms with E-state index in [9.17, 15) is 14.7 Å². The Bertz CT molecular complexity index is 1110. The van der Waals surface area contributed by atoms with Crippen molar-refractivity contribution < 1.29 is 9.90 Å². The number of para-hydroxylation sites is 2. The number of H-pyrrole nitrogens is 1. The molecule has 9 heteroatoms. The number of likely N-dealkylation sites (tertiary alicyclic amines) is 1. The van der Waals surface area contributed by atoms with E-state index < -0.39 is 0 Å². The van der Waals surface area contributed by atoms with E-state index in [2.05, 4.69) is 42.2 Å². The fourth-order valence-corrected chi connectivity index (χ4v) is 5.23. The van der Waals surface area contributed by atoms with Crippen LogP contribution in [0.1, 0.15) is 24.4 Å². The Hall–Kier alpha value is -2.26. The zero-order valence-corrected chi connectivity index (χ0v) is 19.4. The van der Waals surface area contributed by atoms with Gasteiger partial charge in [0, 0.05) is 25.7 Å². The lowest BCUT2D eigenvalue weighted by Gasteiger charge is -2.32. The van der Waals surface area contributed by atoms with Crippen molar-refractivity contribution in [2.45, 2.75) is 25.3 Å². The molecule has 0 unspecified atom stereocenters. The number of carbonyl (C=O) groups excluding carboxylic acids is 1. The SMILES string of the molecule is O=C(NCCc1cc(Br)c(O)c(Br)c1)N1CCC(n2c(=O)[nH]c3ccccc32)CC1. The van der Waals surface area contributed by atoms with Crippen LogP contribution >= 0.6 is 31.9 Å². The molecule has 0 aliphatic carbocycles. The predicted octanol–water partition coefficient (Wildman–Crippen LogP) is 4.15. The van der Waals surface area contributed by atoms with Gasteiger partial charge in [-0.15, -0.1) is 0 Å². The number of hydrogen-bond acceptors (Lipinski definition) is 3. The van der Waals surface area contributed by atoms with E-state index in [0.29, 0.717) is 35.0 Å². The summed E-state index contributed by atoms with van der Waals surface area (Å²) in [6.45, 7) is 1.72. The zero-order chi connectivity index (χ0) is 21.3. The molecule has 0 saturated carbocycles. The number of phenolic OH excluding ortho intramolecular Hbond substituents is 1. The topological polar surface area (TPSA) is 90.4 Å². The smallest absolute Gasteiger partial charge is 0.326 e. The molecule has 1 aliphatic rings. The third kappa shape index (κ3) is 4.27. The van der Waals surface area contributed by atoms with Crippen LogP contribution in [0.4, 0.5) is 4.79 Å². The maximum Gasteiger partial charge on any atom is 0.326 e. The monoisotopic (exact) mass is 536 g/mol. The number of nitrogens with zero attached hydrogens (tertiary/aromatic N) is 2. The average molecular weight is 538 g/mol. The van der Waals surface area contributed by atoms with Crippen LogP contribution in [0.2, 0.25) is 0 Å². The van der Waals surface area contributed by atoms with Gasteiger partial charge >= 0.3 is 11.7 Å². The second-order valence-corrected chi connectivity index (χ2v) is 9.13. The minimum Gasteiger partial charge on any atom is -0.506 e. The van der Waals surface area contributed by atoms with Gasteiger partial charge < -0.3 is 20.3 Å². The van der Waals surface area contributed by atoms with Gasteiger partial charge in [0.05, 0.1) is 20.0 Å². The van der Waals surface area contributed by atoms with Gasteiger partial charge in [0.2, 0.25) is 0 Å². The van der Waals surface area contributed by atoms with E-state index in [1.807, 2.05) is 41.0 Å². The summed E-state index contributed by atoms with van der Waals surface area (Å²) >= 11 is 6.64. The fourth-order valence-electron chi connectivity index (χ4n) is 3.95. The number of aromatic nitrogens is 2. The number of aromatic hydroxyl groups is 1. The van der Waals surface area contributed by atoms with E-state index in [1.54, 1.807) is 4.90 Å². The molecule has 2 amide bonds. The average Bonchev–Trinajstić information content (AvgIpc) is 3.07. The molecule has 30 heavy (non-hydrogen) atoms. The van der Waals surface area contributed by atoms with Crippen LogP contribution in [0.25, 0.3) is 11.0 Å². The molecule has 0 spiro atoms. The Morgan fingerprint density at radius 2 is 1.83 bits per heavy atom. The first-order chi connectivity index (χ1) is 14.4. The second-order valence-electron chi connectivity index (χ2n) is 7.43. The van der Waals surface area contributed by atoms with Crippen molar-refractivity contribution in [2.24, 2.45) is 0 Å². The first kappa shape index (κ1) is 21.0. The Labute approximate surface area is 190 Å². The summed E-state index contributed by atoms with van der Waals surface area (Å²) in [5, 5.41) is 12.8. The highest BCUT2D eigenvalue weighted by atomic mass is 79.9. The lowest BCUT2D eigenvalue weighted by molar-refractivity contribution is 0.172. The third-order valence-corrected chi connectivity index (χ3v) is 6.72. The molecular weight excluding hydrogens is 516 g/mol. The van der Waals surface area contributed by atoms with Gasteiger partial charge in [-0.3, -0.25) is 4.57 Å². The van der Waals surface area contributed by atoms with E-state index in [-0.39, 0.29) is 23.5 Å². The number of fused-ring (bicyclic) bond motifs is 1. The minimum absolute atomic E-state index is 0.0865. The number of phenols is 1. The Morgan fingerprint density at radius 1 is 1.17 bits per heavy atom. The Morgan fingerprint density at radius 3 is 2.53 bits per heavy atom. The van der Waals surface area contributed by atoms with Crippen LogP contribution in [-0.2, 0) is 6.42 Å². The summed E-state index contributed by atoms with van der Waals surface area (Å²) < 4.78 is 3.06. The Balaban J connectivity index is 1.31. The van der Waals surface area contributed by atoms with Crippen LogP contribution < -0.4 is 11.0 Å². The summed E-state index contributed by atoms with van der Waals surface area (Å²) in [6.07, 6.45) is 2.14. The quantitative estimate of drug-likeness (QED) is 0.467. The number of nitrogens with one attached hydrogen (secondary N) is 2. The van der Waals surface area contributed by atoms with Gasteiger partial charge in [-0.05, 0) is 81.0 Å². The van der Waals surface area contributed by atoms with Crippen molar-refractivity contribution in [3.05, 3.63) is 61.4 Å². The fraction of sp³-hybridized carbons (Fsp3) is 0.333. The van der Waals surface area contributed by atoms with Crippen LogP contribution in [-0.4, -0.2) is 45.2 Å². The zero-order valence-electron chi connectivity index (χ0n) is 16.2. The number of imidazole rings is 1. The van der Waals surface area contributed by atoms with Crippen LogP contribution in [0.3, 0.4) is 0 Å². The number of hydrogen-bond donors (Lipinski definition) is 3. The number of piperidine rings is 1. The van der Waals surface area contributed by atoms with Crippen LogP contribution in [0.5, 0.6) is 5.75 Å². The first-order valence-corrected chi connectivity index (χ1v) is 11.4. The number of aromatic amines is 1. The number of halogens is 2. The maximum atomic E-state index is 12.5. The molecular formula is C21H22Br2N4O3. The maximum absolute atomic E-state index is 12.5. The number of carbonyl (C=O) groups is 1. The standard InChI is InChI=1S/C21H22Br2N4O3/c22-15-11-13(12-16(23)19(15)28)5-8-24-20(29)26-9-6-14(7-10-26)27-18-4-2-1-3-17(18)25-21(27)30/h1-4,11-12,14,28H,5-10H2,(H,24,29)(H,25,30). The van der Waals surface area contributed by atoms with Crippen LogP contribution in [0, 0.1) is 0 Å². The van der Waals surface area contributed by atoms with Gasteiger partial charge in [0.25, 0.3) is 0 Å². The van der Waals surface area contributed by atoms with Crippen molar-refractivity contribution in [3.8, 4) is 5.75 Å². The van der Waals surface area contributed by atoms with E-state index in [4.69, 9.17) is 0 Å². The van der Waals surface area contributed by atoms with Crippen molar-refractivity contribution >= 4 is 48.9 Å². The minimum atomic E-state index is -0.0923. The summed E-state index contributed by atoms with van der Waals surface area (Å²) in [5.41, 5.74) is 2.67. The highest BCUT2D eigenvalue weighted by Gasteiger charge is 2.25. The Kier molecular flexibility index (Phi) is 6.19. The largest absolute Gasteiger partial charge is 0.506 e. The number of benzene rings is 2. The third-order valence-electron chi connectivity index (χ3n) is 5.51. The molecule has 0 radical (unpaired) electrons. The van der Waals surface area contributed by atoms with Crippen molar-refractivity contribution in [1.82, 2.24) is 19.8 Å². The van der Waals surface area contributed by atoms with E-state index in [1.165, 1.54) is 0 Å². The lowest BCUT2D eigenvalue weighted by Crippen LogP contribution is -2.45. The highest BCUT2D eigenvalue weighted by Crippen LogP contribution is 2.33. The van der Waals surface area contributed by atoms with E-state index in [0.717, 1.165) is 29.4 Å². The van der Waals surface area contributed by atoms with Crippen molar-refractivity contribution in [1.29, 1.82) is 0 Å². The molecule has 1 aliphatic heterocycles. The molecule has 2 aromatic carbocycles. The molecule has 2 heterocycles. The second kappa shape index (κ2) is 8.85. The number of urea groups is 1. The van der Waals surface area contributed by atoms with Gasteiger partial charge in [0.1, 0.15) is 5.75 Å². The molecule has 158 valence electrons. The number of rotatable bonds is 4. The summed E-state index contributed by atoms with van der Waals surface area (Å²) in [7, 11) is 0. The van der Waals surface area contributed by atoms with Gasteiger partial charge in [0.15, 0.2) is 0 Å². The highest BCUT2D eigenvalue weighted by molar-refractivity contribution is 9.11. The molecule has 0 atom stereocenters. The van der Waals surface area contributed by atoms with Gasteiger partial charge in [-0.1, -0.05) is 12.1 Å².